The van der Waals surface area contributed by atoms with Crippen LogP contribution in [0, 0.1) is 0 Å². The van der Waals surface area contributed by atoms with Crippen LogP contribution in [0.15, 0.2) is 54.6 Å². The summed E-state index contributed by atoms with van der Waals surface area (Å²) in [5, 5.41) is 15.1. The second-order valence-corrected chi connectivity index (χ2v) is 13.8. The molecule has 3 heterocycles. The number of nitrogens with one attached hydrogen (secondary N) is 2. The molecule has 1 aromatic heterocycles. The second kappa shape index (κ2) is 13.2. The Bertz CT molecular complexity index is 1490. The second-order valence-electron chi connectivity index (χ2n) is 13.8. The minimum Gasteiger partial charge on any atom is -0.457 e. The Morgan fingerprint density at radius 1 is 1.00 bits per heavy atom. The smallest absolute Gasteiger partial charge is 0.318 e. The van der Waals surface area contributed by atoms with Crippen molar-refractivity contribution in [1.82, 2.24) is 30.6 Å². The van der Waals surface area contributed by atoms with E-state index in [0.717, 1.165) is 54.5 Å². The summed E-state index contributed by atoms with van der Waals surface area (Å²) in [5.41, 5.74) is 3.77. The quantitative estimate of drug-likeness (QED) is 0.287. The zero-order valence-electron chi connectivity index (χ0n) is 27.0. The highest BCUT2D eigenvalue weighted by Crippen LogP contribution is 2.31. The highest BCUT2D eigenvalue weighted by Gasteiger charge is 2.35. The molecule has 3 fully saturated rings. The first kappa shape index (κ1) is 31.0. The van der Waals surface area contributed by atoms with E-state index in [1.165, 1.54) is 25.7 Å². The molecule has 9 heteroatoms. The Morgan fingerprint density at radius 2 is 1.73 bits per heavy atom. The number of piperidine rings is 1. The summed E-state index contributed by atoms with van der Waals surface area (Å²) in [6, 6.07) is 18.0. The van der Waals surface area contributed by atoms with Gasteiger partial charge in [0.15, 0.2) is 0 Å². The first-order valence-corrected chi connectivity index (χ1v) is 16.5. The molecule has 0 bridgehead atoms. The molecule has 2 saturated heterocycles. The van der Waals surface area contributed by atoms with Crippen molar-refractivity contribution in [2.45, 2.75) is 96.3 Å². The van der Waals surface area contributed by atoms with Gasteiger partial charge in [-0.05, 0) is 94.0 Å². The molecule has 1 saturated carbocycles. The van der Waals surface area contributed by atoms with Crippen LogP contribution in [0.5, 0.6) is 11.5 Å². The number of rotatable bonds is 9. The predicted molar refractivity (Wildman–Crippen MR) is 175 cm³/mol. The van der Waals surface area contributed by atoms with Crippen molar-refractivity contribution >= 4 is 11.9 Å². The van der Waals surface area contributed by atoms with E-state index in [4.69, 9.17) is 4.74 Å². The zero-order valence-corrected chi connectivity index (χ0v) is 27.0. The highest BCUT2D eigenvalue weighted by molar-refractivity contribution is 5.95. The fourth-order valence-corrected chi connectivity index (χ4v) is 6.78. The van der Waals surface area contributed by atoms with Crippen molar-refractivity contribution in [3.05, 3.63) is 71.4 Å². The third-order valence-corrected chi connectivity index (χ3v) is 9.37. The Kier molecular flexibility index (Phi) is 9.08. The van der Waals surface area contributed by atoms with Gasteiger partial charge >= 0.3 is 6.03 Å². The molecule has 3 aromatic rings. The fraction of sp³-hybridized carbons (Fsp3) is 0.500. The summed E-state index contributed by atoms with van der Waals surface area (Å²) < 4.78 is 6.42. The Morgan fingerprint density at radius 3 is 2.36 bits per heavy atom. The first-order chi connectivity index (χ1) is 21.6. The summed E-state index contributed by atoms with van der Waals surface area (Å²) in [7, 11) is 0. The number of amides is 3. The van der Waals surface area contributed by atoms with E-state index in [2.05, 4.69) is 39.6 Å². The number of hydrogen-bond acceptors (Lipinski definition) is 6. The molecule has 0 atom stereocenters. The number of nitrogens with zero attached hydrogens (tertiary/aromatic N) is 4. The standard InChI is InChI=1S/C36H46N6O3/c1-24(2)31-15-16-32(40-39-31)25-11-13-30(14-12-25)45-33-21-26(9-10-27(33)22-42-23-36(3,4)38-35(42)44)34(43)37-28-17-19-41(20-18-28)29-7-5-6-8-29/h9-16,21,24,28-29H,5-8,17-20,22-23H2,1-4H3,(H,37,43)(H,38,44). The van der Waals surface area contributed by atoms with Gasteiger partial charge in [0.05, 0.1) is 23.5 Å². The molecule has 45 heavy (non-hydrogen) atoms. The predicted octanol–water partition coefficient (Wildman–Crippen LogP) is 6.50. The van der Waals surface area contributed by atoms with Crippen LogP contribution in [0.4, 0.5) is 4.79 Å². The van der Waals surface area contributed by atoms with Crippen LogP contribution < -0.4 is 15.4 Å². The number of ether oxygens (including phenoxy) is 1. The van der Waals surface area contributed by atoms with Crippen LogP contribution in [0.2, 0.25) is 0 Å². The number of likely N-dealkylation sites (tertiary alicyclic amines) is 1. The fourth-order valence-electron chi connectivity index (χ4n) is 6.78. The highest BCUT2D eigenvalue weighted by atomic mass is 16.5. The molecule has 238 valence electrons. The van der Waals surface area contributed by atoms with Crippen LogP contribution in [-0.4, -0.2) is 69.2 Å². The molecular formula is C36H46N6O3. The van der Waals surface area contributed by atoms with Gasteiger partial charge in [0.2, 0.25) is 0 Å². The average molecular weight is 611 g/mol. The number of urea groups is 1. The van der Waals surface area contributed by atoms with Gasteiger partial charge in [-0.3, -0.25) is 4.79 Å². The largest absolute Gasteiger partial charge is 0.457 e. The van der Waals surface area contributed by atoms with Crippen molar-refractivity contribution in [3.63, 3.8) is 0 Å². The summed E-state index contributed by atoms with van der Waals surface area (Å²) in [6.07, 6.45) is 7.25. The van der Waals surface area contributed by atoms with Crippen molar-refractivity contribution in [2.75, 3.05) is 19.6 Å². The molecule has 6 rings (SSSR count). The van der Waals surface area contributed by atoms with Crippen LogP contribution in [0.25, 0.3) is 11.3 Å². The maximum atomic E-state index is 13.4. The summed E-state index contributed by atoms with van der Waals surface area (Å²) >= 11 is 0. The normalized spacial score (nSPS) is 19.2. The number of benzene rings is 2. The van der Waals surface area contributed by atoms with Crippen LogP contribution in [-0.2, 0) is 6.54 Å². The van der Waals surface area contributed by atoms with E-state index in [0.29, 0.717) is 36.1 Å². The third-order valence-electron chi connectivity index (χ3n) is 9.37. The van der Waals surface area contributed by atoms with Gasteiger partial charge < -0.3 is 25.2 Å². The molecule has 0 unspecified atom stereocenters. The maximum absolute atomic E-state index is 13.4. The monoisotopic (exact) mass is 610 g/mol. The van der Waals surface area contributed by atoms with E-state index >= 15 is 0 Å². The van der Waals surface area contributed by atoms with Gasteiger partial charge in [0.25, 0.3) is 5.91 Å². The molecule has 3 aliphatic rings. The number of carbonyl (C=O) groups is 2. The number of hydrogen-bond donors (Lipinski definition) is 2. The molecule has 2 aliphatic heterocycles. The van der Waals surface area contributed by atoms with E-state index < -0.39 is 0 Å². The summed E-state index contributed by atoms with van der Waals surface area (Å²) in [6.45, 7) is 11.3. The summed E-state index contributed by atoms with van der Waals surface area (Å²) in [4.78, 5) is 30.5. The van der Waals surface area contributed by atoms with Crippen molar-refractivity contribution < 1.29 is 14.3 Å². The van der Waals surface area contributed by atoms with Crippen LogP contribution >= 0.6 is 0 Å². The minimum absolute atomic E-state index is 0.0930. The maximum Gasteiger partial charge on any atom is 0.318 e. The molecule has 0 radical (unpaired) electrons. The van der Waals surface area contributed by atoms with E-state index in [-0.39, 0.29) is 23.5 Å². The van der Waals surface area contributed by atoms with Gasteiger partial charge in [-0.2, -0.15) is 10.2 Å². The SMILES string of the molecule is CC(C)c1ccc(-c2ccc(Oc3cc(C(=O)NC4CCN(C5CCCC5)CC4)ccc3CN3CC(C)(C)NC3=O)cc2)nn1. The van der Waals surface area contributed by atoms with Crippen molar-refractivity contribution in [3.8, 4) is 22.8 Å². The van der Waals surface area contributed by atoms with Crippen molar-refractivity contribution in [1.29, 1.82) is 0 Å². The Balaban J connectivity index is 1.17. The van der Waals surface area contributed by atoms with Gasteiger partial charge in [0, 0.05) is 48.4 Å². The molecule has 3 amide bonds. The van der Waals surface area contributed by atoms with Crippen molar-refractivity contribution in [2.24, 2.45) is 0 Å². The lowest BCUT2D eigenvalue weighted by Crippen LogP contribution is -2.47. The Hall–Kier alpha value is -3.98. The summed E-state index contributed by atoms with van der Waals surface area (Å²) in [5.74, 6) is 1.42. The third kappa shape index (κ3) is 7.47. The van der Waals surface area contributed by atoms with Gasteiger partial charge in [-0.25, -0.2) is 4.79 Å². The lowest BCUT2D eigenvalue weighted by atomic mass is 10.0. The van der Waals surface area contributed by atoms with Gasteiger partial charge in [0.1, 0.15) is 11.5 Å². The van der Waals surface area contributed by atoms with Crippen LogP contribution in [0.3, 0.4) is 0 Å². The molecule has 0 spiro atoms. The number of carbonyl (C=O) groups excluding carboxylic acids is 2. The minimum atomic E-state index is -0.308. The van der Waals surface area contributed by atoms with Gasteiger partial charge in [-0.15, -0.1) is 0 Å². The average Bonchev–Trinajstić information content (AvgIpc) is 3.66. The number of aromatic nitrogens is 2. The molecule has 2 N–H and O–H groups in total. The Labute approximate surface area is 266 Å². The van der Waals surface area contributed by atoms with E-state index in [1.807, 2.05) is 68.4 Å². The van der Waals surface area contributed by atoms with Crippen LogP contribution in [0.1, 0.15) is 93.8 Å². The lowest BCUT2D eigenvalue weighted by Gasteiger charge is -2.36. The lowest BCUT2D eigenvalue weighted by molar-refractivity contribution is 0.0892. The van der Waals surface area contributed by atoms with E-state index in [1.54, 1.807) is 4.90 Å². The van der Waals surface area contributed by atoms with Gasteiger partial charge in [-0.1, -0.05) is 32.8 Å². The molecule has 9 nitrogen and oxygen atoms in total. The molecule has 2 aromatic carbocycles. The molecular weight excluding hydrogens is 564 g/mol. The van der Waals surface area contributed by atoms with E-state index in [9.17, 15) is 9.59 Å². The zero-order chi connectivity index (χ0) is 31.6. The topological polar surface area (TPSA) is 99.7 Å². The molecule has 1 aliphatic carbocycles. The first-order valence-electron chi connectivity index (χ1n) is 16.5.